The topological polar surface area (TPSA) is 55.9 Å². The third-order valence-corrected chi connectivity index (χ3v) is 4.86. The lowest BCUT2D eigenvalue weighted by Gasteiger charge is -2.34. The van der Waals surface area contributed by atoms with Gasteiger partial charge < -0.3 is 20.0 Å². The van der Waals surface area contributed by atoms with E-state index in [2.05, 4.69) is 29.4 Å². The Morgan fingerprint density at radius 2 is 1.96 bits per heavy atom. The van der Waals surface area contributed by atoms with Gasteiger partial charge in [0, 0.05) is 33.7 Å². The number of hydrogen-bond acceptors (Lipinski definition) is 3. The van der Waals surface area contributed by atoms with Gasteiger partial charge in [-0.25, -0.2) is 4.79 Å². The molecule has 0 spiro atoms. The number of nitrogens with zero attached hydrogens (tertiary/aromatic N) is 3. The minimum Gasteiger partial charge on any atom is -0.341 e. The van der Waals surface area contributed by atoms with Gasteiger partial charge in [-0.1, -0.05) is 30.3 Å². The van der Waals surface area contributed by atoms with E-state index in [9.17, 15) is 9.59 Å². The minimum absolute atomic E-state index is 0.00985. The molecule has 0 bridgehead atoms. The van der Waals surface area contributed by atoms with E-state index in [-0.39, 0.29) is 18.5 Å². The molecule has 1 N–H and O–H groups in total. The highest BCUT2D eigenvalue weighted by Crippen LogP contribution is 2.17. The monoisotopic (exact) mass is 360 g/mol. The summed E-state index contributed by atoms with van der Waals surface area (Å²) >= 11 is 0. The van der Waals surface area contributed by atoms with Crippen molar-refractivity contribution in [1.29, 1.82) is 0 Å². The van der Waals surface area contributed by atoms with Crippen LogP contribution in [0.2, 0.25) is 0 Å². The van der Waals surface area contributed by atoms with Crippen LogP contribution in [0, 0.1) is 5.92 Å². The average Bonchev–Trinajstić information content (AvgIpc) is 2.63. The molecule has 1 aromatic carbocycles. The summed E-state index contributed by atoms with van der Waals surface area (Å²) in [6.07, 6.45) is 3.17. The molecule has 1 aliphatic rings. The maximum absolute atomic E-state index is 12.7. The Kier molecular flexibility index (Phi) is 7.91. The van der Waals surface area contributed by atoms with E-state index in [1.165, 1.54) is 16.9 Å². The van der Waals surface area contributed by atoms with Crippen LogP contribution in [0.4, 0.5) is 4.79 Å². The standard InChI is InChI=1S/C20H32N4O2/c1-22(2)20(26)21-14-19(25)24(13-11-17-8-5-4-6-9-17)16-18-10-7-12-23(3)15-18/h4-6,8-9,18H,7,10-16H2,1-3H3,(H,21,26)/t18-/m0/s1. The van der Waals surface area contributed by atoms with E-state index in [1.807, 2.05) is 23.1 Å². The molecule has 144 valence electrons. The zero-order valence-electron chi connectivity index (χ0n) is 16.3. The van der Waals surface area contributed by atoms with Gasteiger partial charge in [-0.2, -0.15) is 0 Å². The van der Waals surface area contributed by atoms with Crippen LogP contribution in [-0.2, 0) is 11.2 Å². The van der Waals surface area contributed by atoms with Crippen molar-refractivity contribution in [1.82, 2.24) is 20.0 Å². The fraction of sp³-hybridized carbons (Fsp3) is 0.600. The second-order valence-electron chi connectivity index (χ2n) is 7.40. The Balaban J connectivity index is 1.94. The first-order valence-corrected chi connectivity index (χ1v) is 9.41. The molecule has 0 saturated carbocycles. The molecule has 0 radical (unpaired) electrons. The first-order chi connectivity index (χ1) is 12.5. The van der Waals surface area contributed by atoms with Crippen molar-refractivity contribution in [2.24, 2.45) is 5.92 Å². The molecule has 6 heteroatoms. The summed E-state index contributed by atoms with van der Waals surface area (Å²) in [5.41, 5.74) is 1.23. The van der Waals surface area contributed by atoms with E-state index >= 15 is 0 Å². The van der Waals surface area contributed by atoms with Gasteiger partial charge in [0.05, 0.1) is 6.54 Å². The molecular weight excluding hydrogens is 328 g/mol. The molecule has 3 amide bonds. The molecule has 1 aliphatic heterocycles. The summed E-state index contributed by atoms with van der Waals surface area (Å²) < 4.78 is 0. The average molecular weight is 361 g/mol. The molecule has 1 fully saturated rings. The van der Waals surface area contributed by atoms with Crippen molar-refractivity contribution in [3.8, 4) is 0 Å². The molecule has 0 aliphatic carbocycles. The van der Waals surface area contributed by atoms with Crippen molar-refractivity contribution < 1.29 is 9.59 Å². The van der Waals surface area contributed by atoms with Crippen molar-refractivity contribution >= 4 is 11.9 Å². The Morgan fingerprint density at radius 1 is 1.23 bits per heavy atom. The van der Waals surface area contributed by atoms with Crippen LogP contribution < -0.4 is 5.32 Å². The molecule has 6 nitrogen and oxygen atoms in total. The van der Waals surface area contributed by atoms with Gasteiger partial charge in [-0.05, 0) is 44.3 Å². The SMILES string of the molecule is CN1CCC[C@H](CN(CCc2ccccc2)C(=O)CNC(=O)N(C)C)C1. The highest BCUT2D eigenvalue weighted by Gasteiger charge is 2.23. The van der Waals surface area contributed by atoms with Crippen LogP contribution >= 0.6 is 0 Å². The summed E-state index contributed by atoms with van der Waals surface area (Å²) in [5, 5.41) is 2.69. The second-order valence-corrected chi connectivity index (χ2v) is 7.40. The van der Waals surface area contributed by atoms with Gasteiger partial charge in [-0.15, -0.1) is 0 Å². The van der Waals surface area contributed by atoms with Crippen molar-refractivity contribution in [2.75, 3.05) is 53.9 Å². The summed E-state index contributed by atoms with van der Waals surface area (Å²) in [6.45, 7) is 3.65. The second kappa shape index (κ2) is 10.2. The molecule has 2 rings (SSSR count). The van der Waals surface area contributed by atoms with Gasteiger partial charge in [0.1, 0.15) is 0 Å². The first kappa shape index (κ1) is 20.2. The number of piperidine rings is 1. The van der Waals surface area contributed by atoms with Crippen LogP contribution in [0.1, 0.15) is 18.4 Å². The maximum atomic E-state index is 12.7. The van der Waals surface area contributed by atoms with Crippen molar-refractivity contribution in [3.05, 3.63) is 35.9 Å². The lowest BCUT2D eigenvalue weighted by atomic mass is 9.97. The number of amides is 3. The number of benzene rings is 1. The zero-order valence-corrected chi connectivity index (χ0v) is 16.3. The van der Waals surface area contributed by atoms with Gasteiger partial charge in [0.15, 0.2) is 0 Å². The van der Waals surface area contributed by atoms with E-state index in [0.717, 1.165) is 32.5 Å². The number of carbonyl (C=O) groups excluding carboxylic acids is 2. The fourth-order valence-corrected chi connectivity index (χ4v) is 3.38. The summed E-state index contributed by atoms with van der Waals surface area (Å²) in [6, 6.07) is 9.99. The predicted octanol–water partition coefficient (Wildman–Crippen LogP) is 1.67. The zero-order chi connectivity index (χ0) is 18.9. The maximum Gasteiger partial charge on any atom is 0.317 e. The first-order valence-electron chi connectivity index (χ1n) is 9.41. The number of likely N-dealkylation sites (tertiary alicyclic amines) is 1. The smallest absolute Gasteiger partial charge is 0.317 e. The quantitative estimate of drug-likeness (QED) is 0.805. The van der Waals surface area contributed by atoms with Crippen LogP contribution in [0.3, 0.4) is 0 Å². The molecule has 0 aromatic heterocycles. The van der Waals surface area contributed by atoms with Crippen LogP contribution in [0.5, 0.6) is 0 Å². The highest BCUT2D eigenvalue weighted by molar-refractivity contribution is 5.83. The lowest BCUT2D eigenvalue weighted by Crippen LogP contribution is -2.47. The fourth-order valence-electron chi connectivity index (χ4n) is 3.38. The van der Waals surface area contributed by atoms with Crippen LogP contribution in [-0.4, -0.2) is 80.5 Å². The molecule has 26 heavy (non-hydrogen) atoms. The van der Waals surface area contributed by atoms with Gasteiger partial charge in [-0.3, -0.25) is 4.79 Å². The Bertz CT molecular complexity index is 576. The van der Waals surface area contributed by atoms with E-state index in [4.69, 9.17) is 0 Å². The van der Waals surface area contributed by atoms with Crippen molar-refractivity contribution in [3.63, 3.8) is 0 Å². The Morgan fingerprint density at radius 3 is 2.62 bits per heavy atom. The van der Waals surface area contributed by atoms with Gasteiger partial charge in [0.25, 0.3) is 0 Å². The van der Waals surface area contributed by atoms with E-state index < -0.39 is 0 Å². The van der Waals surface area contributed by atoms with E-state index in [1.54, 1.807) is 14.1 Å². The highest BCUT2D eigenvalue weighted by atomic mass is 16.2. The van der Waals surface area contributed by atoms with Crippen LogP contribution in [0.15, 0.2) is 30.3 Å². The molecule has 0 unspecified atom stereocenters. The molecule has 1 aromatic rings. The van der Waals surface area contributed by atoms with Crippen molar-refractivity contribution in [2.45, 2.75) is 19.3 Å². The number of urea groups is 1. The van der Waals surface area contributed by atoms with Gasteiger partial charge in [0.2, 0.25) is 5.91 Å². The molecule has 1 atom stereocenters. The Labute approximate surface area is 157 Å². The lowest BCUT2D eigenvalue weighted by molar-refractivity contribution is -0.131. The third kappa shape index (κ3) is 6.67. The summed E-state index contributed by atoms with van der Waals surface area (Å²) in [5.74, 6) is 0.488. The number of rotatable bonds is 7. The number of nitrogens with one attached hydrogen (secondary N) is 1. The Hall–Kier alpha value is -2.08. The molecule has 1 saturated heterocycles. The van der Waals surface area contributed by atoms with Gasteiger partial charge >= 0.3 is 6.03 Å². The molecular formula is C20H32N4O2. The normalized spacial score (nSPS) is 17.6. The predicted molar refractivity (Wildman–Crippen MR) is 104 cm³/mol. The largest absolute Gasteiger partial charge is 0.341 e. The number of hydrogen-bond donors (Lipinski definition) is 1. The minimum atomic E-state index is -0.237. The third-order valence-electron chi connectivity index (χ3n) is 4.86. The number of carbonyl (C=O) groups is 2. The molecule has 1 heterocycles. The van der Waals surface area contributed by atoms with E-state index in [0.29, 0.717) is 12.5 Å². The summed E-state index contributed by atoms with van der Waals surface area (Å²) in [7, 11) is 5.48. The summed E-state index contributed by atoms with van der Waals surface area (Å²) in [4.78, 5) is 30.1. The van der Waals surface area contributed by atoms with Crippen LogP contribution in [0.25, 0.3) is 0 Å².